The molecule has 118 valence electrons. The summed E-state index contributed by atoms with van der Waals surface area (Å²) in [5.41, 5.74) is 8.44. The second kappa shape index (κ2) is 5.68. The molecule has 0 bridgehead atoms. The van der Waals surface area contributed by atoms with Gasteiger partial charge in [0.2, 0.25) is 5.95 Å². The molecule has 0 spiro atoms. The fourth-order valence-electron chi connectivity index (χ4n) is 2.42. The van der Waals surface area contributed by atoms with Gasteiger partial charge in [-0.25, -0.2) is 9.67 Å². The number of nitrogens with zero attached hydrogens (tertiary/aromatic N) is 4. The number of nitrogen functional groups attached to an aromatic ring is 1. The van der Waals surface area contributed by atoms with Crippen molar-refractivity contribution in [2.45, 2.75) is 19.9 Å². The first-order valence-electron chi connectivity index (χ1n) is 7.32. The number of amides is 1. The number of fused-ring (bicyclic) bond motifs is 1. The van der Waals surface area contributed by atoms with Gasteiger partial charge in [-0.1, -0.05) is 12.1 Å². The summed E-state index contributed by atoms with van der Waals surface area (Å²) in [6.45, 7) is 3.85. The Morgan fingerprint density at radius 2 is 2.13 bits per heavy atom. The molecule has 1 amide bonds. The van der Waals surface area contributed by atoms with E-state index in [0.29, 0.717) is 11.2 Å². The van der Waals surface area contributed by atoms with Crippen molar-refractivity contribution in [1.82, 2.24) is 25.1 Å². The monoisotopic (exact) mass is 310 g/mol. The predicted molar refractivity (Wildman–Crippen MR) is 88.8 cm³/mol. The normalized spacial score (nSPS) is 11.1. The first-order chi connectivity index (χ1) is 11.0. The Bertz CT molecular complexity index is 883. The number of hydrogen-bond acceptors (Lipinski definition) is 5. The minimum Gasteiger partial charge on any atom is -0.368 e. The highest BCUT2D eigenvalue weighted by Gasteiger charge is 2.14. The van der Waals surface area contributed by atoms with E-state index in [4.69, 9.17) is 5.73 Å². The van der Waals surface area contributed by atoms with Gasteiger partial charge in [0.1, 0.15) is 5.69 Å². The highest BCUT2D eigenvalue weighted by atomic mass is 16.1. The van der Waals surface area contributed by atoms with E-state index in [9.17, 15) is 4.79 Å². The second-order valence-electron chi connectivity index (χ2n) is 5.65. The van der Waals surface area contributed by atoms with Crippen LogP contribution in [0.25, 0.3) is 22.3 Å². The molecule has 3 rings (SSSR count). The molecular weight excluding hydrogens is 292 g/mol. The van der Waals surface area contributed by atoms with Gasteiger partial charge in [0.25, 0.3) is 5.91 Å². The molecule has 23 heavy (non-hydrogen) atoms. The van der Waals surface area contributed by atoms with Crippen LogP contribution < -0.4 is 11.1 Å². The van der Waals surface area contributed by atoms with Gasteiger partial charge in [-0.3, -0.25) is 4.79 Å². The smallest absolute Gasteiger partial charge is 0.251 e. The van der Waals surface area contributed by atoms with E-state index in [1.807, 2.05) is 32.0 Å². The van der Waals surface area contributed by atoms with Gasteiger partial charge >= 0.3 is 0 Å². The Hall–Kier alpha value is -2.96. The van der Waals surface area contributed by atoms with Crippen LogP contribution in [-0.4, -0.2) is 31.7 Å². The summed E-state index contributed by atoms with van der Waals surface area (Å²) in [6, 6.07) is 7.42. The summed E-state index contributed by atoms with van der Waals surface area (Å²) in [4.78, 5) is 20.4. The Balaban J connectivity index is 2.08. The summed E-state index contributed by atoms with van der Waals surface area (Å²) in [5, 5.41) is 8.17. The molecule has 0 atom stereocenters. The lowest BCUT2D eigenvalue weighted by Crippen LogP contribution is -2.30. The molecule has 0 saturated heterocycles. The zero-order chi connectivity index (χ0) is 16.6. The van der Waals surface area contributed by atoms with Crippen LogP contribution in [0.15, 0.2) is 30.5 Å². The van der Waals surface area contributed by atoms with Crippen LogP contribution in [0.3, 0.4) is 0 Å². The maximum Gasteiger partial charge on any atom is 0.251 e. The number of nitrogens with two attached hydrogens (primary N) is 1. The van der Waals surface area contributed by atoms with E-state index in [1.165, 1.54) is 0 Å². The van der Waals surface area contributed by atoms with Crippen molar-refractivity contribution in [3.05, 3.63) is 36.0 Å². The lowest BCUT2D eigenvalue weighted by molar-refractivity contribution is 0.0943. The minimum atomic E-state index is -0.109. The third-order valence-electron chi connectivity index (χ3n) is 3.42. The summed E-state index contributed by atoms with van der Waals surface area (Å²) in [5.74, 6) is 0.0969. The molecule has 0 fully saturated rings. The van der Waals surface area contributed by atoms with E-state index in [0.717, 1.165) is 16.6 Å². The molecule has 7 nitrogen and oxygen atoms in total. The van der Waals surface area contributed by atoms with E-state index in [-0.39, 0.29) is 17.9 Å². The third-order valence-corrected chi connectivity index (χ3v) is 3.42. The number of carbonyl (C=O) groups excluding carboxylic acids is 1. The molecule has 0 aliphatic rings. The molecule has 1 aromatic carbocycles. The molecule has 7 heteroatoms. The maximum atomic E-state index is 12.2. The number of nitrogens with one attached hydrogen (secondary N) is 1. The summed E-state index contributed by atoms with van der Waals surface area (Å²) < 4.78 is 1.66. The lowest BCUT2D eigenvalue weighted by atomic mass is 10.1. The molecule has 3 aromatic rings. The van der Waals surface area contributed by atoms with Crippen LogP contribution in [0.2, 0.25) is 0 Å². The minimum absolute atomic E-state index is 0.0817. The van der Waals surface area contributed by atoms with Crippen molar-refractivity contribution >= 4 is 22.9 Å². The van der Waals surface area contributed by atoms with Gasteiger partial charge in [-0.2, -0.15) is 10.1 Å². The van der Waals surface area contributed by atoms with Crippen LogP contribution in [0, 0.1) is 0 Å². The quantitative estimate of drug-likeness (QED) is 0.768. The van der Waals surface area contributed by atoms with Crippen molar-refractivity contribution in [1.29, 1.82) is 0 Å². The Morgan fingerprint density at radius 1 is 1.35 bits per heavy atom. The van der Waals surface area contributed by atoms with Crippen LogP contribution in [0.1, 0.15) is 24.2 Å². The van der Waals surface area contributed by atoms with Crippen LogP contribution in [0.5, 0.6) is 0 Å². The summed E-state index contributed by atoms with van der Waals surface area (Å²) >= 11 is 0. The molecule has 0 aliphatic heterocycles. The molecule has 0 saturated carbocycles. The summed E-state index contributed by atoms with van der Waals surface area (Å²) in [6.07, 6.45) is 1.65. The summed E-state index contributed by atoms with van der Waals surface area (Å²) in [7, 11) is 1.80. The van der Waals surface area contributed by atoms with Crippen LogP contribution >= 0.6 is 0 Å². The lowest BCUT2D eigenvalue weighted by Gasteiger charge is -2.09. The third kappa shape index (κ3) is 2.85. The number of rotatable bonds is 3. The fraction of sp³-hybridized carbons (Fsp3) is 0.250. The first-order valence-corrected chi connectivity index (χ1v) is 7.32. The first kappa shape index (κ1) is 15.0. The highest BCUT2D eigenvalue weighted by molar-refractivity contribution is 5.97. The van der Waals surface area contributed by atoms with E-state index in [1.54, 1.807) is 24.0 Å². The van der Waals surface area contributed by atoms with Crippen molar-refractivity contribution in [3.63, 3.8) is 0 Å². The van der Waals surface area contributed by atoms with Crippen molar-refractivity contribution < 1.29 is 4.79 Å². The Labute approximate surface area is 133 Å². The van der Waals surface area contributed by atoms with Gasteiger partial charge < -0.3 is 11.1 Å². The van der Waals surface area contributed by atoms with Gasteiger partial charge in [0.05, 0.1) is 5.39 Å². The van der Waals surface area contributed by atoms with Crippen molar-refractivity contribution in [2.75, 3.05) is 5.73 Å². The van der Waals surface area contributed by atoms with Gasteiger partial charge in [0, 0.05) is 30.4 Å². The molecule has 3 N–H and O–H groups in total. The SMILES string of the molecule is CC(C)NC(=O)c1cccc(-c2nn(C)c3nc(N)ncc23)c1. The van der Waals surface area contributed by atoms with Gasteiger partial charge in [0.15, 0.2) is 5.65 Å². The number of carbonyl (C=O) groups is 1. The number of hydrogen-bond donors (Lipinski definition) is 2. The predicted octanol–water partition coefficient (Wildman–Crippen LogP) is 1.75. The number of aromatic nitrogens is 4. The van der Waals surface area contributed by atoms with Crippen LogP contribution in [-0.2, 0) is 7.05 Å². The average molecular weight is 310 g/mol. The highest BCUT2D eigenvalue weighted by Crippen LogP contribution is 2.27. The van der Waals surface area contributed by atoms with Crippen molar-refractivity contribution in [3.8, 4) is 11.3 Å². The van der Waals surface area contributed by atoms with E-state index >= 15 is 0 Å². The largest absolute Gasteiger partial charge is 0.368 e. The van der Waals surface area contributed by atoms with Crippen molar-refractivity contribution in [2.24, 2.45) is 7.05 Å². The van der Waals surface area contributed by atoms with Crippen LogP contribution in [0.4, 0.5) is 5.95 Å². The topological polar surface area (TPSA) is 98.7 Å². The molecule has 2 heterocycles. The standard InChI is InChI=1S/C16H18N6O/c1-9(2)19-15(23)11-6-4-5-10(7-11)13-12-8-18-16(17)20-14(12)22(3)21-13/h4-9H,1-3H3,(H,19,23)(H2,17,18,20). The average Bonchev–Trinajstić information content (AvgIpc) is 2.83. The van der Waals surface area contributed by atoms with E-state index < -0.39 is 0 Å². The Morgan fingerprint density at radius 3 is 2.87 bits per heavy atom. The fourth-order valence-corrected chi connectivity index (χ4v) is 2.42. The zero-order valence-electron chi connectivity index (χ0n) is 13.2. The number of anilines is 1. The molecular formula is C16H18N6O. The maximum absolute atomic E-state index is 12.2. The second-order valence-corrected chi connectivity index (χ2v) is 5.65. The van der Waals surface area contributed by atoms with Gasteiger partial charge in [-0.05, 0) is 26.0 Å². The molecule has 0 unspecified atom stereocenters. The Kier molecular flexibility index (Phi) is 3.69. The zero-order valence-corrected chi connectivity index (χ0v) is 13.2. The number of benzene rings is 1. The van der Waals surface area contributed by atoms with Gasteiger partial charge in [-0.15, -0.1) is 0 Å². The number of aryl methyl sites for hydroxylation is 1. The molecule has 0 radical (unpaired) electrons. The molecule has 2 aromatic heterocycles. The molecule has 0 aliphatic carbocycles. The van der Waals surface area contributed by atoms with E-state index in [2.05, 4.69) is 20.4 Å².